The maximum absolute atomic E-state index is 13.9. The van der Waals surface area contributed by atoms with Crippen LogP contribution in [0.15, 0.2) is 12.1 Å². The van der Waals surface area contributed by atoms with Gasteiger partial charge in [-0.2, -0.15) is 0 Å². The Bertz CT molecular complexity index is 471. The van der Waals surface area contributed by atoms with E-state index < -0.39 is 17.5 Å². The molecule has 0 amide bonds. The fourth-order valence-electron chi connectivity index (χ4n) is 2.62. The normalized spacial score (nSPS) is 22.3. The molecule has 1 aromatic rings. The van der Waals surface area contributed by atoms with Gasteiger partial charge in [0.15, 0.2) is 11.6 Å². The summed E-state index contributed by atoms with van der Waals surface area (Å²) >= 11 is 0. The van der Waals surface area contributed by atoms with Crippen molar-refractivity contribution in [1.82, 2.24) is 5.32 Å². The summed E-state index contributed by atoms with van der Waals surface area (Å²) in [6, 6.07) is 1.39. The Morgan fingerprint density at radius 2 is 1.79 bits per heavy atom. The summed E-state index contributed by atoms with van der Waals surface area (Å²) in [7, 11) is 0. The minimum Gasteiger partial charge on any atom is -0.310 e. The number of halogens is 3. The standard InChI is InChI=1S/C15H20F3N/c1-4-5-19-14(10-8-15(10,2)3)9-6-12(17)13(18)7-11(9)16/h6-7,10,14,19H,4-5,8H2,1-3H3. The van der Waals surface area contributed by atoms with E-state index in [9.17, 15) is 13.2 Å². The Kier molecular flexibility index (Phi) is 3.90. The third-order valence-electron chi connectivity index (χ3n) is 3.98. The zero-order chi connectivity index (χ0) is 14.2. The Morgan fingerprint density at radius 1 is 1.21 bits per heavy atom. The Hall–Kier alpha value is -1.03. The van der Waals surface area contributed by atoms with Crippen molar-refractivity contribution in [2.45, 2.75) is 39.7 Å². The van der Waals surface area contributed by atoms with Gasteiger partial charge in [-0.15, -0.1) is 0 Å². The first-order valence-corrected chi connectivity index (χ1v) is 6.74. The van der Waals surface area contributed by atoms with E-state index >= 15 is 0 Å². The second kappa shape index (κ2) is 5.16. The van der Waals surface area contributed by atoms with Crippen LogP contribution in [0.5, 0.6) is 0 Å². The molecule has 1 aliphatic carbocycles. The van der Waals surface area contributed by atoms with Gasteiger partial charge in [0, 0.05) is 17.7 Å². The average molecular weight is 271 g/mol. The SMILES string of the molecule is CCCNC(c1cc(F)c(F)cc1F)C1CC1(C)C. The Balaban J connectivity index is 2.30. The van der Waals surface area contributed by atoms with Crippen LogP contribution in [0.3, 0.4) is 0 Å². The number of nitrogens with one attached hydrogen (secondary N) is 1. The minimum absolute atomic E-state index is 0.128. The van der Waals surface area contributed by atoms with Crippen LogP contribution in [0, 0.1) is 28.8 Å². The lowest BCUT2D eigenvalue weighted by atomic mass is 9.96. The zero-order valence-electron chi connectivity index (χ0n) is 11.6. The largest absolute Gasteiger partial charge is 0.310 e. The molecule has 106 valence electrons. The van der Waals surface area contributed by atoms with Crippen LogP contribution in [-0.4, -0.2) is 6.54 Å². The molecule has 1 N–H and O–H groups in total. The fraction of sp³-hybridized carbons (Fsp3) is 0.600. The van der Waals surface area contributed by atoms with Crippen molar-refractivity contribution in [3.05, 3.63) is 35.1 Å². The third-order valence-corrected chi connectivity index (χ3v) is 3.98. The van der Waals surface area contributed by atoms with Crippen molar-refractivity contribution in [3.63, 3.8) is 0 Å². The highest BCUT2D eigenvalue weighted by Crippen LogP contribution is 2.58. The molecule has 2 atom stereocenters. The second-order valence-electron chi connectivity index (χ2n) is 6.02. The molecule has 0 radical (unpaired) electrons. The molecule has 0 heterocycles. The Labute approximate surface area is 112 Å². The molecular formula is C15H20F3N. The van der Waals surface area contributed by atoms with E-state index in [1.54, 1.807) is 0 Å². The smallest absolute Gasteiger partial charge is 0.161 e. The summed E-state index contributed by atoms with van der Waals surface area (Å²) in [6.45, 7) is 6.96. The molecule has 0 aliphatic heterocycles. The topological polar surface area (TPSA) is 12.0 Å². The highest BCUT2D eigenvalue weighted by Gasteiger charge is 2.50. The predicted molar refractivity (Wildman–Crippen MR) is 69.2 cm³/mol. The molecule has 1 aromatic carbocycles. The monoisotopic (exact) mass is 271 g/mol. The number of hydrogen-bond donors (Lipinski definition) is 1. The highest BCUT2D eigenvalue weighted by atomic mass is 19.2. The first-order chi connectivity index (χ1) is 8.86. The lowest BCUT2D eigenvalue weighted by molar-refractivity contribution is 0.396. The van der Waals surface area contributed by atoms with Crippen molar-refractivity contribution in [2.24, 2.45) is 11.3 Å². The van der Waals surface area contributed by atoms with Crippen molar-refractivity contribution in [2.75, 3.05) is 6.54 Å². The summed E-state index contributed by atoms with van der Waals surface area (Å²) in [4.78, 5) is 0. The van der Waals surface area contributed by atoms with E-state index in [2.05, 4.69) is 19.2 Å². The summed E-state index contributed by atoms with van der Waals surface area (Å²) < 4.78 is 40.3. The quantitative estimate of drug-likeness (QED) is 0.792. The maximum atomic E-state index is 13.9. The van der Waals surface area contributed by atoms with Crippen LogP contribution in [-0.2, 0) is 0 Å². The van der Waals surface area contributed by atoms with E-state index in [0.717, 1.165) is 25.5 Å². The predicted octanol–water partition coefficient (Wildman–Crippen LogP) is 4.19. The molecule has 1 aliphatic rings. The van der Waals surface area contributed by atoms with E-state index in [1.807, 2.05) is 6.92 Å². The van der Waals surface area contributed by atoms with E-state index in [-0.39, 0.29) is 22.9 Å². The molecule has 0 spiro atoms. The van der Waals surface area contributed by atoms with Gasteiger partial charge in [0.1, 0.15) is 5.82 Å². The molecule has 0 saturated heterocycles. The Morgan fingerprint density at radius 3 is 2.32 bits per heavy atom. The molecule has 1 nitrogen and oxygen atoms in total. The average Bonchev–Trinajstić information content (AvgIpc) is 2.95. The van der Waals surface area contributed by atoms with Crippen LogP contribution in [0.1, 0.15) is 45.2 Å². The molecule has 0 bridgehead atoms. The van der Waals surface area contributed by atoms with Gasteiger partial charge in [0.25, 0.3) is 0 Å². The van der Waals surface area contributed by atoms with Gasteiger partial charge in [-0.05, 0) is 36.8 Å². The molecular weight excluding hydrogens is 251 g/mol. The fourth-order valence-corrected chi connectivity index (χ4v) is 2.62. The zero-order valence-corrected chi connectivity index (χ0v) is 11.6. The summed E-state index contributed by atoms with van der Waals surface area (Å²) in [6.07, 6.45) is 1.88. The van der Waals surface area contributed by atoms with Crippen molar-refractivity contribution in [3.8, 4) is 0 Å². The first-order valence-electron chi connectivity index (χ1n) is 6.74. The van der Waals surface area contributed by atoms with Crippen LogP contribution in [0.4, 0.5) is 13.2 Å². The molecule has 4 heteroatoms. The van der Waals surface area contributed by atoms with Crippen molar-refractivity contribution < 1.29 is 13.2 Å². The number of hydrogen-bond acceptors (Lipinski definition) is 1. The number of rotatable bonds is 5. The molecule has 1 saturated carbocycles. The van der Waals surface area contributed by atoms with Gasteiger partial charge >= 0.3 is 0 Å². The van der Waals surface area contributed by atoms with Crippen LogP contribution >= 0.6 is 0 Å². The van der Waals surface area contributed by atoms with Crippen LogP contribution in [0.25, 0.3) is 0 Å². The van der Waals surface area contributed by atoms with Crippen molar-refractivity contribution in [1.29, 1.82) is 0 Å². The van der Waals surface area contributed by atoms with Gasteiger partial charge in [-0.3, -0.25) is 0 Å². The van der Waals surface area contributed by atoms with Gasteiger partial charge in [-0.25, -0.2) is 13.2 Å². The van der Waals surface area contributed by atoms with Gasteiger partial charge in [0.2, 0.25) is 0 Å². The lowest BCUT2D eigenvalue weighted by Gasteiger charge is -2.21. The van der Waals surface area contributed by atoms with Crippen molar-refractivity contribution >= 4 is 0 Å². The second-order valence-corrected chi connectivity index (χ2v) is 6.02. The van der Waals surface area contributed by atoms with E-state index in [4.69, 9.17) is 0 Å². The lowest BCUT2D eigenvalue weighted by Crippen LogP contribution is -2.26. The molecule has 19 heavy (non-hydrogen) atoms. The molecule has 0 aromatic heterocycles. The highest BCUT2D eigenvalue weighted by molar-refractivity contribution is 5.26. The summed E-state index contributed by atoms with van der Waals surface area (Å²) in [5, 5.41) is 3.26. The third kappa shape index (κ3) is 2.94. The maximum Gasteiger partial charge on any atom is 0.161 e. The molecule has 2 rings (SSSR count). The van der Waals surface area contributed by atoms with Crippen LogP contribution in [0.2, 0.25) is 0 Å². The minimum atomic E-state index is -1.13. The van der Waals surface area contributed by atoms with Gasteiger partial charge < -0.3 is 5.32 Å². The van der Waals surface area contributed by atoms with E-state index in [1.165, 1.54) is 0 Å². The molecule has 2 unspecified atom stereocenters. The van der Waals surface area contributed by atoms with Crippen LogP contribution < -0.4 is 5.32 Å². The van der Waals surface area contributed by atoms with Gasteiger partial charge in [0.05, 0.1) is 0 Å². The number of benzene rings is 1. The summed E-state index contributed by atoms with van der Waals surface area (Å²) in [5.74, 6) is -2.53. The first kappa shape index (κ1) is 14.4. The van der Waals surface area contributed by atoms with E-state index in [0.29, 0.717) is 6.07 Å². The summed E-state index contributed by atoms with van der Waals surface area (Å²) in [5.41, 5.74) is 0.367. The molecule has 1 fully saturated rings. The van der Waals surface area contributed by atoms with Gasteiger partial charge in [-0.1, -0.05) is 20.8 Å².